The van der Waals surface area contributed by atoms with Crippen LogP contribution in [0, 0.1) is 5.92 Å². The molecule has 1 aromatic rings. The van der Waals surface area contributed by atoms with E-state index < -0.39 is 17.7 Å². The molecule has 5 rings (SSSR count). The normalized spacial score (nSPS) is 31.7. The van der Waals surface area contributed by atoms with Crippen molar-refractivity contribution in [1.82, 2.24) is 15.5 Å². The number of ether oxygens (including phenoxy) is 2. The van der Waals surface area contributed by atoms with E-state index in [4.69, 9.17) is 19.6 Å². The highest BCUT2D eigenvalue weighted by atomic mass is 16.6. The third-order valence-electron chi connectivity index (χ3n) is 6.45. The summed E-state index contributed by atoms with van der Waals surface area (Å²) in [5, 5.41) is 6.37. The summed E-state index contributed by atoms with van der Waals surface area (Å²) < 4.78 is 16.3. The second-order valence-electron chi connectivity index (χ2n) is 7.85. The Morgan fingerprint density at radius 2 is 2.23 bits per heavy atom. The van der Waals surface area contributed by atoms with Gasteiger partial charge in [0.1, 0.15) is 12.4 Å². The van der Waals surface area contributed by atoms with Crippen LogP contribution in [0.15, 0.2) is 45.4 Å². The Bertz CT molecular complexity index is 1010. The molecule has 4 heterocycles. The number of ketones is 2. The van der Waals surface area contributed by atoms with Crippen molar-refractivity contribution in [2.75, 3.05) is 20.3 Å². The van der Waals surface area contributed by atoms with E-state index in [1.807, 2.05) is 4.90 Å². The Kier molecular flexibility index (Phi) is 4.06. The molecule has 10 nitrogen and oxygen atoms in total. The van der Waals surface area contributed by atoms with E-state index in [1.54, 1.807) is 19.1 Å². The van der Waals surface area contributed by atoms with Crippen LogP contribution in [-0.2, 0) is 25.6 Å². The molecule has 0 saturated carbocycles. The predicted octanol–water partition coefficient (Wildman–Crippen LogP) is -0.227. The Balaban J connectivity index is 1.53. The van der Waals surface area contributed by atoms with Gasteiger partial charge in [-0.05, 0) is 19.1 Å². The van der Waals surface area contributed by atoms with Crippen molar-refractivity contribution in [3.63, 3.8) is 0 Å². The van der Waals surface area contributed by atoms with Gasteiger partial charge in [-0.15, -0.1) is 0 Å². The van der Waals surface area contributed by atoms with Crippen molar-refractivity contribution in [3.8, 4) is 0 Å². The number of rotatable bonds is 6. The molecule has 1 aliphatic carbocycles. The van der Waals surface area contributed by atoms with Gasteiger partial charge in [-0.25, -0.2) is 4.79 Å². The number of amides is 1. The zero-order valence-electron chi connectivity index (χ0n) is 16.6. The molecular formula is C20H22N4O6. The van der Waals surface area contributed by atoms with E-state index >= 15 is 0 Å². The number of hydrogen-bond donors (Lipinski definition) is 3. The standard InChI is InChI=1S/C20H22N4O6/c1-9-14(22-6-10-4-3-5-29-10)17(26)13-11(8-30-19(21)27)20(28-2)18-12(23-18)7-24(20)15(13)16(9)25/h3-5,11-12,18,22-23H,6-8H2,1-2H3,(H2,21,27)/t11-,12+,18+,20?/m0/s1. The van der Waals surface area contributed by atoms with Crippen LogP contribution < -0.4 is 16.4 Å². The fourth-order valence-corrected chi connectivity index (χ4v) is 5.09. The van der Waals surface area contributed by atoms with Crippen molar-refractivity contribution in [2.45, 2.75) is 31.3 Å². The van der Waals surface area contributed by atoms with Gasteiger partial charge in [0.25, 0.3) is 0 Å². The number of hydrogen-bond acceptors (Lipinski definition) is 9. The molecule has 2 saturated heterocycles. The van der Waals surface area contributed by atoms with Crippen molar-refractivity contribution in [3.05, 3.63) is 46.7 Å². The number of fused-ring (bicyclic) bond motifs is 4. The van der Waals surface area contributed by atoms with Crippen LogP contribution in [-0.4, -0.2) is 60.6 Å². The van der Waals surface area contributed by atoms with Gasteiger partial charge in [-0.3, -0.25) is 9.59 Å². The zero-order valence-corrected chi connectivity index (χ0v) is 16.6. The first-order valence-electron chi connectivity index (χ1n) is 9.72. The van der Waals surface area contributed by atoms with Crippen molar-refractivity contribution < 1.29 is 28.3 Å². The molecule has 0 spiro atoms. The number of furan rings is 1. The van der Waals surface area contributed by atoms with Gasteiger partial charge in [0.15, 0.2) is 5.72 Å². The maximum atomic E-state index is 13.6. The van der Waals surface area contributed by atoms with Gasteiger partial charge < -0.3 is 35.2 Å². The topological polar surface area (TPSA) is 146 Å². The molecule has 1 aromatic heterocycles. The largest absolute Gasteiger partial charge is 0.467 e. The summed E-state index contributed by atoms with van der Waals surface area (Å²) in [5.41, 5.74) is 5.38. The number of nitrogens with one attached hydrogen (secondary N) is 2. The maximum Gasteiger partial charge on any atom is 0.404 e. The highest BCUT2D eigenvalue weighted by molar-refractivity contribution is 6.25. The number of piperazine rings is 1. The summed E-state index contributed by atoms with van der Waals surface area (Å²) in [6.45, 7) is 2.26. The van der Waals surface area contributed by atoms with Gasteiger partial charge in [0.05, 0.1) is 36.2 Å². The van der Waals surface area contributed by atoms with Gasteiger partial charge >= 0.3 is 6.09 Å². The van der Waals surface area contributed by atoms with Gasteiger partial charge in [0, 0.05) is 30.8 Å². The predicted molar refractivity (Wildman–Crippen MR) is 101 cm³/mol. The molecule has 1 unspecified atom stereocenters. The van der Waals surface area contributed by atoms with Crippen LogP contribution >= 0.6 is 0 Å². The Labute approximate surface area is 172 Å². The monoisotopic (exact) mass is 414 g/mol. The third-order valence-corrected chi connectivity index (χ3v) is 6.45. The van der Waals surface area contributed by atoms with Crippen molar-refractivity contribution >= 4 is 17.7 Å². The minimum Gasteiger partial charge on any atom is -0.467 e. The third kappa shape index (κ3) is 2.40. The first-order chi connectivity index (χ1) is 14.4. The van der Waals surface area contributed by atoms with E-state index in [2.05, 4.69) is 10.6 Å². The van der Waals surface area contributed by atoms with Crippen LogP contribution in [0.4, 0.5) is 4.79 Å². The van der Waals surface area contributed by atoms with Crippen LogP contribution in [0.3, 0.4) is 0 Å². The summed E-state index contributed by atoms with van der Waals surface area (Å²) in [6, 6.07) is 3.60. The number of primary amides is 1. The van der Waals surface area contributed by atoms with E-state index in [-0.39, 0.29) is 42.5 Å². The van der Waals surface area contributed by atoms with Crippen LogP contribution in [0.25, 0.3) is 0 Å². The molecule has 4 aliphatic rings. The lowest BCUT2D eigenvalue weighted by Crippen LogP contribution is -2.55. The molecule has 4 atom stereocenters. The van der Waals surface area contributed by atoms with Crippen LogP contribution in [0.5, 0.6) is 0 Å². The minimum absolute atomic E-state index is 0.0741. The SMILES string of the molecule is COC12[C@@H]3N[C@@H]3CN1C1=C(C(=O)C(NCc3ccco3)=C(C)C1=O)[C@@H]2COC(N)=O. The minimum atomic E-state index is -0.979. The van der Waals surface area contributed by atoms with Crippen molar-refractivity contribution in [1.29, 1.82) is 0 Å². The van der Waals surface area contributed by atoms with E-state index in [0.29, 0.717) is 29.1 Å². The lowest BCUT2D eigenvalue weighted by atomic mass is 9.82. The molecule has 158 valence electrons. The summed E-state index contributed by atoms with van der Waals surface area (Å²) in [6.07, 6.45) is 0.592. The Hall–Kier alpha value is -3.11. The van der Waals surface area contributed by atoms with Gasteiger partial charge in [-0.1, -0.05) is 0 Å². The van der Waals surface area contributed by atoms with E-state index in [0.717, 1.165) is 0 Å². The molecule has 3 aliphatic heterocycles. The quantitative estimate of drug-likeness (QED) is 0.424. The maximum absolute atomic E-state index is 13.6. The number of carbonyl (C=O) groups excluding carboxylic acids is 3. The Morgan fingerprint density at radius 1 is 1.43 bits per heavy atom. The van der Waals surface area contributed by atoms with Crippen LogP contribution in [0.1, 0.15) is 12.7 Å². The number of carbonyl (C=O) groups is 3. The van der Waals surface area contributed by atoms with E-state index in [1.165, 1.54) is 13.4 Å². The van der Waals surface area contributed by atoms with Crippen LogP contribution in [0.2, 0.25) is 0 Å². The lowest BCUT2D eigenvalue weighted by Gasteiger charge is -2.39. The zero-order chi connectivity index (χ0) is 21.2. The molecule has 10 heteroatoms. The Morgan fingerprint density at radius 3 is 2.90 bits per heavy atom. The number of Topliss-reactive ketones (excluding diaryl/α,β-unsaturated/α-hetero) is 2. The number of methoxy groups -OCH3 is 1. The molecule has 0 aromatic carbocycles. The average Bonchev–Trinajstić information content (AvgIpc) is 3.08. The smallest absolute Gasteiger partial charge is 0.404 e. The van der Waals surface area contributed by atoms with Gasteiger partial charge in [-0.2, -0.15) is 0 Å². The molecule has 1 amide bonds. The molecular weight excluding hydrogens is 392 g/mol. The second-order valence-corrected chi connectivity index (χ2v) is 7.85. The first kappa shape index (κ1) is 18.9. The van der Waals surface area contributed by atoms with Crippen molar-refractivity contribution in [2.24, 2.45) is 11.7 Å². The molecule has 30 heavy (non-hydrogen) atoms. The molecule has 0 bridgehead atoms. The number of nitrogens with two attached hydrogens (primary N) is 1. The average molecular weight is 414 g/mol. The fourth-order valence-electron chi connectivity index (χ4n) is 5.09. The summed E-state index contributed by atoms with van der Waals surface area (Å²) in [5.74, 6) is -0.570. The summed E-state index contributed by atoms with van der Waals surface area (Å²) >= 11 is 0. The highest BCUT2D eigenvalue weighted by Gasteiger charge is 2.72. The lowest BCUT2D eigenvalue weighted by molar-refractivity contribution is -0.137. The molecule has 4 N–H and O–H groups in total. The second kappa shape index (κ2) is 6.44. The first-order valence-corrected chi connectivity index (χ1v) is 9.72. The number of nitrogens with zero attached hydrogens (tertiary/aromatic N) is 1. The molecule has 0 radical (unpaired) electrons. The molecule has 2 fully saturated rings. The highest BCUT2D eigenvalue weighted by Crippen LogP contribution is 2.55. The fraction of sp³-hybridized carbons (Fsp3) is 0.450. The number of allylic oxidation sites excluding steroid dienone is 2. The van der Waals surface area contributed by atoms with E-state index in [9.17, 15) is 14.4 Å². The van der Waals surface area contributed by atoms with Gasteiger partial charge in [0.2, 0.25) is 11.6 Å². The summed E-state index contributed by atoms with van der Waals surface area (Å²) in [7, 11) is 1.54. The summed E-state index contributed by atoms with van der Waals surface area (Å²) in [4.78, 5) is 40.1.